The SMILES string of the molecule is C=CC(=O)Nc1ccc2c(Nc3n[nH]c4c3CN(C(=O)N[C@H](CN(C)C)C3CCOCC3)C4(C)C)nccc2c1.S. The number of aromatic amines is 1. The maximum absolute atomic E-state index is 13.7. The lowest BCUT2D eigenvalue weighted by Crippen LogP contribution is -2.54. The Morgan fingerprint density at radius 1 is 1.24 bits per heavy atom. The first-order chi connectivity index (χ1) is 19.2. The highest BCUT2D eigenvalue weighted by Crippen LogP contribution is 2.41. The number of carbonyl (C=O) groups excluding carboxylic acids is 2. The number of likely N-dealkylation sites (N-methyl/N-ethyl adjacent to an activating group) is 1. The summed E-state index contributed by atoms with van der Waals surface area (Å²) in [6, 6.07) is 7.45. The van der Waals surface area contributed by atoms with Crippen molar-refractivity contribution in [2.75, 3.05) is 44.5 Å². The van der Waals surface area contributed by atoms with Gasteiger partial charge in [0, 0.05) is 48.6 Å². The average Bonchev–Trinajstić information content (AvgIpc) is 3.46. The summed E-state index contributed by atoms with van der Waals surface area (Å²) in [6.45, 7) is 10.2. The van der Waals surface area contributed by atoms with E-state index in [1.807, 2.05) is 57.1 Å². The van der Waals surface area contributed by atoms with Crippen LogP contribution in [0.5, 0.6) is 0 Å². The highest BCUT2D eigenvalue weighted by Gasteiger charge is 2.44. The van der Waals surface area contributed by atoms with Gasteiger partial charge in [0.15, 0.2) is 5.82 Å². The Kier molecular flexibility index (Phi) is 9.25. The van der Waals surface area contributed by atoms with Gasteiger partial charge < -0.3 is 30.5 Å². The number of nitrogens with one attached hydrogen (secondary N) is 4. The summed E-state index contributed by atoms with van der Waals surface area (Å²) in [6.07, 6.45) is 4.83. The molecular formula is C29H40N8O3S. The maximum atomic E-state index is 13.7. The van der Waals surface area contributed by atoms with Gasteiger partial charge in [-0.3, -0.25) is 9.89 Å². The molecule has 2 aliphatic heterocycles. The third kappa shape index (κ3) is 6.34. The number of H-pyrrole nitrogens is 1. The Bertz CT molecular complexity index is 1420. The Hall–Kier alpha value is -3.61. The van der Waals surface area contributed by atoms with E-state index >= 15 is 0 Å². The lowest BCUT2D eigenvalue weighted by Gasteiger charge is -2.37. The molecule has 1 aromatic carbocycles. The highest BCUT2D eigenvalue weighted by molar-refractivity contribution is 7.59. The second-order valence-corrected chi connectivity index (χ2v) is 11.3. The number of pyridine rings is 1. The van der Waals surface area contributed by atoms with E-state index in [1.54, 1.807) is 6.20 Å². The van der Waals surface area contributed by atoms with Gasteiger partial charge in [-0.05, 0) is 82.4 Å². The van der Waals surface area contributed by atoms with E-state index in [9.17, 15) is 9.59 Å². The predicted molar refractivity (Wildman–Crippen MR) is 166 cm³/mol. The number of anilines is 3. The summed E-state index contributed by atoms with van der Waals surface area (Å²) in [5.74, 6) is 1.39. The molecule has 1 fully saturated rings. The normalized spacial score (nSPS) is 17.0. The first-order valence-corrected chi connectivity index (χ1v) is 13.6. The van der Waals surface area contributed by atoms with Crippen molar-refractivity contribution in [3.63, 3.8) is 0 Å². The fraction of sp³-hybridized carbons (Fsp3) is 0.448. The molecular weight excluding hydrogens is 540 g/mol. The van der Waals surface area contributed by atoms with Crippen LogP contribution < -0.4 is 16.0 Å². The molecule has 0 aliphatic carbocycles. The van der Waals surface area contributed by atoms with Gasteiger partial charge in [-0.1, -0.05) is 6.58 Å². The number of benzene rings is 1. The van der Waals surface area contributed by atoms with Crippen LogP contribution in [0.4, 0.5) is 22.1 Å². The van der Waals surface area contributed by atoms with Crippen LogP contribution >= 0.6 is 13.5 Å². The van der Waals surface area contributed by atoms with Crippen LogP contribution in [0.3, 0.4) is 0 Å². The third-order valence-electron chi connectivity index (χ3n) is 7.87. The van der Waals surface area contributed by atoms with Crippen molar-refractivity contribution in [3.8, 4) is 0 Å². The lowest BCUT2D eigenvalue weighted by atomic mass is 9.91. The molecule has 4 N–H and O–H groups in total. The summed E-state index contributed by atoms with van der Waals surface area (Å²) in [7, 11) is 4.07. The van der Waals surface area contributed by atoms with Crippen LogP contribution in [-0.4, -0.2) is 76.8 Å². The average molecular weight is 581 g/mol. The van der Waals surface area contributed by atoms with E-state index in [-0.39, 0.29) is 31.5 Å². The van der Waals surface area contributed by atoms with E-state index in [0.717, 1.165) is 54.6 Å². The van der Waals surface area contributed by atoms with Gasteiger partial charge in [0.1, 0.15) is 5.82 Å². The molecule has 11 nitrogen and oxygen atoms in total. The number of hydrogen-bond acceptors (Lipinski definition) is 7. The molecule has 3 aromatic rings. The van der Waals surface area contributed by atoms with E-state index in [1.165, 1.54) is 6.08 Å². The number of fused-ring (bicyclic) bond motifs is 2. The van der Waals surface area contributed by atoms with Gasteiger partial charge in [0.25, 0.3) is 0 Å². The van der Waals surface area contributed by atoms with Crippen LogP contribution in [0.1, 0.15) is 37.9 Å². The van der Waals surface area contributed by atoms with E-state index in [2.05, 4.69) is 42.6 Å². The Balaban J connectivity index is 0.00000387. The Morgan fingerprint density at radius 2 is 2.00 bits per heavy atom. The largest absolute Gasteiger partial charge is 0.381 e. The monoisotopic (exact) mass is 580 g/mol. The fourth-order valence-corrected chi connectivity index (χ4v) is 5.67. The van der Waals surface area contributed by atoms with Crippen molar-refractivity contribution in [2.24, 2.45) is 5.92 Å². The summed E-state index contributed by atoms with van der Waals surface area (Å²) >= 11 is 0. The second kappa shape index (κ2) is 12.5. The molecule has 0 bridgehead atoms. The predicted octanol–water partition coefficient (Wildman–Crippen LogP) is 4.06. The minimum Gasteiger partial charge on any atom is -0.381 e. The molecule has 0 spiro atoms. The van der Waals surface area contributed by atoms with Gasteiger partial charge in [0.2, 0.25) is 5.91 Å². The number of hydrogen-bond donors (Lipinski definition) is 4. The number of carbonyl (C=O) groups is 2. The molecule has 41 heavy (non-hydrogen) atoms. The summed E-state index contributed by atoms with van der Waals surface area (Å²) in [4.78, 5) is 33.9. The molecule has 12 heteroatoms. The number of ether oxygens (including phenoxy) is 1. The van der Waals surface area contributed by atoms with Crippen molar-refractivity contribution in [3.05, 3.63) is 54.4 Å². The van der Waals surface area contributed by atoms with Crippen molar-refractivity contribution >= 4 is 53.5 Å². The van der Waals surface area contributed by atoms with E-state index in [4.69, 9.17) is 4.74 Å². The molecule has 5 rings (SSSR count). The molecule has 4 heterocycles. The standard InChI is InChI=1S/C29H38N8O3.H2S/c1-6-24(38)31-20-7-8-21-19(15-20)9-12-30-26(21)33-27-22-16-37(29(2,3)25(22)34-35-27)28(39)32-23(17-36(4)5)18-10-13-40-14-11-18;/h6-9,12,15,18,23H,1,10-11,13-14,16-17H2,2-5H3,(H,31,38)(H,32,39)(H2,30,33,34,35);1H2/t23-;/m1./s1. The van der Waals surface area contributed by atoms with Crippen LogP contribution in [0.15, 0.2) is 43.1 Å². The van der Waals surface area contributed by atoms with Gasteiger partial charge in [-0.25, -0.2) is 9.78 Å². The number of aromatic nitrogens is 3. The van der Waals surface area contributed by atoms with E-state index in [0.29, 0.717) is 29.8 Å². The highest BCUT2D eigenvalue weighted by atomic mass is 32.1. The first-order valence-electron chi connectivity index (χ1n) is 13.6. The van der Waals surface area contributed by atoms with E-state index < -0.39 is 5.54 Å². The maximum Gasteiger partial charge on any atom is 0.318 e. The molecule has 1 atom stereocenters. The van der Waals surface area contributed by atoms with Crippen molar-refractivity contribution < 1.29 is 14.3 Å². The minimum absolute atomic E-state index is 0. The second-order valence-electron chi connectivity index (χ2n) is 11.3. The molecule has 3 amide bonds. The van der Waals surface area contributed by atoms with Crippen molar-refractivity contribution in [1.82, 2.24) is 30.3 Å². The number of amides is 3. The van der Waals surface area contributed by atoms with Gasteiger partial charge >= 0.3 is 6.03 Å². The number of rotatable bonds is 8. The molecule has 2 aliphatic rings. The summed E-state index contributed by atoms with van der Waals surface area (Å²) in [5, 5.41) is 19.0. The van der Waals surface area contributed by atoms with Crippen molar-refractivity contribution in [1.29, 1.82) is 0 Å². The number of urea groups is 1. The molecule has 2 aromatic heterocycles. The van der Waals surface area contributed by atoms with Gasteiger partial charge in [-0.15, -0.1) is 0 Å². The zero-order valence-electron chi connectivity index (χ0n) is 24.1. The van der Waals surface area contributed by atoms with Crippen LogP contribution in [-0.2, 0) is 21.6 Å². The van der Waals surface area contributed by atoms with Crippen LogP contribution in [0.2, 0.25) is 0 Å². The number of nitrogens with zero attached hydrogens (tertiary/aromatic N) is 4. The summed E-state index contributed by atoms with van der Waals surface area (Å²) < 4.78 is 5.56. The molecule has 0 radical (unpaired) electrons. The zero-order chi connectivity index (χ0) is 28.4. The zero-order valence-corrected chi connectivity index (χ0v) is 25.1. The Morgan fingerprint density at radius 3 is 2.71 bits per heavy atom. The third-order valence-corrected chi connectivity index (χ3v) is 7.87. The van der Waals surface area contributed by atoms with Gasteiger partial charge in [0.05, 0.1) is 17.8 Å². The van der Waals surface area contributed by atoms with Crippen LogP contribution in [0, 0.1) is 5.92 Å². The molecule has 220 valence electrons. The quantitative estimate of drug-likeness (QED) is 0.296. The molecule has 0 unspecified atom stereocenters. The fourth-order valence-electron chi connectivity index (χ4n) is 5.67. The minimum atomic E-state index is -0.574. The lowest BCUT2D eigenvalue weighted by molar-refractivity contribution is -0.111. The van der Waals surface area contributed by atoms with Gasteiger partial charge in [-0.2, -0.15) is 18.6 Å². The Labute approximate surface area is 247 Å². The first kappa shape index (κ1) is 30.4. The molecule has 1 saturated heterocycles. The van der Waals surface area contributed by atoms with Crippen molar-refractivity contribution in [2.45, 2.75) is 44.8 Å². The smallest absolute Gasteiger partial charge is 0.318 e. The van der Waals surface area contributed by atoms with Crippen LogP contribution in [0.25, 0.3) is 10.8 Å². The topological polar surface area (TPSA) is 128 Å². The summed E-state index contributed by atoms with van der Waals surface area (Å²) in [5.41, 5.74) is 1.93. The molecule has 0 saturated carbocycles.